The summed E-state index contributed by atoms with van der Waals surface area (Å²) in [7, 11) is 0. The molecule has 0 aliphatic heterocycles. The molecule has 0 fully saturated rings. The molecule has 0 unspecified atom stereocenters. The monoisotopic (exact) mass is 420 g/mol. The molecule has 0 atom stereocenters. The standard InChI is InChI=1S/2C3H5.2BrH.Hf/c2*1-3-2;;;/h2*3H,1-2H2;2*1H;/q;;;;+2/p-2. The number of allylic oxidation sites excluding steroid dienone is 2. The van der Waals surface area contributed by atoms with Crippen molar-refractivity contribution in [3.63, 3.8) is 0 Å². The predicted molar refractivity (Wildman–Crippen MR) is 47.9 cm³/mol. The van der Waals surface area contributed by atoms with Gasteiger partial charge in [-0.3, -0.25) is 0 Å². The van der Waals surface area contributed by atoms with E-state index in [4.69, 9.17) is 0 Å². The van der Waals surface area contributed by atoms with Gasteiger partial charge in [-0.2, -0.15) is 0 Å². The fourth-order valence-electron chi connectivity index (χ4n) is 0.506. The minimum absolute atomic E-state index is 1.12. The van der Waals surface area contributed by atoms with E-state index in [1.807, 2.05) is 12.2 Å². The fraction of sp³-hybridized carbons (Fsp3) is 0.333. The third-order valence-corrected chi connectivity index (χ3v) is 17.9. The molecule has 52 valence electrons. The van der Waals surface area contributed by atoms with Crippen molar-refractivity contribution in [2.45, 2.75) is 8.35 Å². The van der Waals surface area contributed by atoms with Crippen LogP contribution in [0.1, 0.15) is 0 Å². The van der Waals surface area contributed by atoms with Gasteiger partial charge in [0.25, 0.3) is 0 Å². The van der Waals surface area contributed by atoms with E-state index in [1.54, 1.807) is 0 Å². The van der Waals surface area contributed by atoms with Crippen molar-refractivity contribution in [1.82, 2.24) is 0 Å². The Bertz CT molecular complexity index is 97.6. The summed E-state index contributed by atoms with van der Waals surface area (Å²) < 4.78 is 2.25. The molecule has 0 saturated carbocycles. The van der Waals surface area contributed by atoms with E-state index in [-0.39, 0.29) is 0 Å². The molecule has 0 aromatic heterocycles. The Labute approximate surface area is 72.7 Å². The van der Waals surface area contributed by atoms with Crippen LogP contribution >= 0.6 is 24.6 Å². The molecule has 0 aromatic carbocycles. The molecule has 0 nitrogen and oxygen atoms in total. The Morgan fingerprint density at radius 2 is 1.44 bits per heavy atom. The van der Waals surface area contributed by atoms with Gasteiger partial charge in [-0.25, -0.2) is 0 Å². The molecule has 0 amide bonds. The fourth-order valence-corrected chi connectivity index (χ4v) is 11.6. The van der Waals surface area contributed by atoms with Crippen LogP contribution in [0.2, 0.25) is 8.35 Å². The average Bonchev–Trinajstić information content (AvgIpc) is 1.64. The van der Waals surface area contributed by atoms with E-state index in [0.29, 0.717) is 0 Å². The van der Waals surface area contributed by atoms with Crippen LogP contribution in [0.5, 0.6) is 0 Å². The zero-order chi connectivity index (χ0) is 7.33. The molecule has 0 saturated heterocycles. The molecule has 0 bridgehead atoms. The van der Waals surface area contributed by atoms with E-state index < -0.39 is 15.3 Å². The summed E-state index contributed by atoms with van der Waals surface area (Å²) in [6.07, 6.45) is 3.93. The summed E-state index contributed by atoms with van der Waals surface area (Å²) in [4.78, 5) is 0. The molecule has 0 aromatic rings. The minimum atomic E-state index is -2.10. The molecule has 0 rings (SSSR count). The van der Waals surface area contributed by atoms with Gasteiger partial charge < -0.3 is 0 Å². The van der Waals surface area contributed by atoms with E-state index in [1.165, 1.54) is 0 Å². The van der Waals surface area contributed by atoms with Gasteiger partial charge in [0.1, 0.15) is 0 Å². The Hall–Kier alpha value is 1.31. The van der Waals surface area contributed by atoms with E-state index >= 15 is 0 Å². The zero-order valence-electron chi connectivity index (χ0n) is 5.24. The van der Waals surface area contributed by atoms with E-state index in [9.17, 15) is 0 Å². The van der Waals surface area contributed by atoms with Crippen LogP contribution in [0.15, 0.2) is 25.3 Å². The average molecular weight is 420 g/mol. The first-order valence-electron chi connectivity index (χ1n) is 2.72. The number of rotatable bonds is 4. The first-order valence-corrected chi connectivity index (χ1v) is 23.5. The normalized spacial score (nSPS) is 10.9. The van der Waals surface area contributed by atoms with Crippen molar-refractivity contribution in [1.29, 1.82) is 0 Å². The third-order valence-electron chi connectivity index (χ3n) is 0.886. The summed E-state index contributed by atoms with van der Waals surface area (Å²) >= 11 is 5.30. The van der Waals surface area contributed by atoms with Gasteiger partial charge in [0, 0.05) is 0 Å². The van der Waals surface area contributed by atoms with Crippen molar-refractivity contribution < 1.29 is 15.3 Å². The van der Waals surface area contributed by atoms with Gasteiger partial charge >= 0.3 is 73.6 Å². The summed E-state index contributed by atoms with van der Waals surface area (Å²) in [5, 5.41) is 0. The van der Waals surface area contributed by atoms with Crippen LogP contribution in [0.3, 0.4) is 0 Å². The van der Waals surface area contributed by atoms with E-state index in [0.717, 1.165) is 8.35 Å². The first kappa shape index (κ1) is 10.3. The quantitative estimate of drug-likeness (QED) is 0.477. The number of hydrogen-bond acceptors (Lipinski definition) is 0. The molecular formula is C6H10Br2Hf. The van der Waals surface area contributed by atoms with Crippen molar-refractivity contribution in [2.75, 3.05) is 0 Å². The summed E-state index contributed by atoms with van der Waals surface area (Å²) in [6.45, 7) is 7.38. The molecule has 0 spiro atoms. The SMILES string of the molecule is C=C[CH2][Hf]([Br])([Br])[CH2]C=C. The molecule has 0 aliphatic carbocycles. The Balaban J connectivity index is 3.68. The van der Waals surface area contributed by atoms with Gasteiger partial charge in [-0.15, -0.1) is 0 Å². The van der Waals surface area contributed by atoms with Crippen molar-refractivity contribution in [3.05, 3.63) is 25.3 Å². The predicted octanol–water partition coefficient (Wildman–Crippen LogP) is 3.97. The van der Waals surface area contributed by atoms with Gasteiger partial charge in [0.2, 0.25) is 0 Å². The Morgan fingerprint density at radius 3 is 1.67 bits per heavy atom. The van der Waals surface area contributed by atoms with Gasteiger partial charge in [0.15, 0.2) is 0 Å². The molecular weight excluding hydrogens is 410 g/mol. The summed E-state index contributed by atoms with van der Waals surface area (Å²) in [5.74, 6) is 0. The van der Waals surface area contributed by atoms with Gasteiger partial charge in [-0.1, -0.05) is 0 Å². The molecule has 9 heavy (non-hydrogen) atoms. The van der Waals surface area contributed by atoms with Crippen molar-refractivity contribution in [2.24, 2.45) is 0 Å². The summed E-state index contributed by atoms with van der Waals surface area (Å²) in [5.41, 5.74) is 0. The Morgan fingerprint density at radius 1 is 1.11 bits per heavy atom. The molecule has 3 heteroatoms. The van der Waals surface area contributed by atoms with Crippen LogP contribution in [-0.4, -0.2) is 0 Å². The van der Waals surface area contributed by atoms with Crippen molar-refractivity contribution in [3.8, 4) is 0 Å². The van der Waals surface area contributed by atoms with Crippen LogP contribution in [-0.2, 0) is 15.3 Å². The first-order chi connectivity index (χ1) is 4.12. The number of hydrogen-bond donors (Lipinski definition) is 0. The second kappa shape index (κ2) is 5.03. The maximum absolute atomic E-state index is 3.70. The van der Waals surface area contributed by atoms with Crippen molar-refractivity contribution >= 4 is 24.6 Å². The number of halogens is 2. The van der Waals surface area contributed by atoms with Gasteiger partial charge in [0.05, 0.1) is 0 Å². The van der Waals surface area contributed by atoms with Crippen LogP contribution < -0.4 is 0 Å². The topological polar surface area (TPSA) is 0 Å². The maximum atomic E-state index is 3.70. The van der Waals surface area contributed by atoms with Crippen LogP contribution in [0, 0.1) is 0 Å². The molecule has 0 N–H and O–H groups in total. The molecule has 0 heterocycles. The molecule has 0 radical (unpaired) electrons. The second-order valence-electron chi connectivity index (χ2n) is 1.84. The summed E-state index contributed by atoms with van der Waals surface area (Å²) in [6, 6.07) is 0. The zero-order valence-corrected chi connectivity index (χ0v) is 12.0. The second-order valence-corrected chi connectivity index (χ2v) is 44.5. The van der Waals surface area contributed by atoms with Crippen LogP contribution in [0.25, 0.3) is 0 Å². The Kier molecular flexibility index (Phi) is 5.76. The van der Waals surface area contributed by atoms with Gasteiger partial charge in [-0.05, 0) is 0 Å². The molecule has 0 aliphatic rings. The third kappa shape index (κ3) is 5.74. The van der Waals surface area contributed by atoms with E-state index in [2.05, 4.69) is 37.7 Å². The van der Waals surface area contributed by atoms with Crippen LogP contribution in [0.4, 0.5) is 0 Å².